The Bertz CT molecular complexity index is 937. The maximum absolute atomic E-state index is 13.3. The van der Waals surface area contributed by atoms with Gasteiger partial charge < -0.3 is 14.4 Å². The molecule has 1 aliphatic rings. The highest BCUT2D eigenvalue weighted by atomic mass is 16.5. The van der Waals surface area contributed by atoms with Crippen LogP contribution in [-0.2, 0) is 9.59 Å². The van der Waals surface area contributed by atoms with Crippen LogP contribution < -0.4 is 14.4 Å². The first-order chi connectivity index (χ1) is 14.1. The Balaban J connectivity index is 2.21. The summed E-state index contributed by atoms with van der Waals surface area (Å²) in [6.45, 7) is 4.84. The second-order valence-corrected chi connectivity index (χ2v) is 6.64. The van der Waals surface area contributed by atoms with E-state index in [4.69, 9.17) is 9.47 Å². The SMILES string of the molecule is CCCN1C(=O)C(c2ccc(OC)c(OC)c2)=C(N(CC)c2ccccc2)C1=O. The number of carbonyl (C=O) groups is 2. The molecule has 0 fully saturated rings. The van der Waals surface area contributed by atoms with Crippen LogP contribution in [0.5, 0.6) is 11.5 Å². The zero-order valence-electron chi connectivity index (χ0n) is 17.3. The van der Waals surface area contributed by atoms with Crippen molar-refractivity contribution in [2.24, 2.45) is 0 Å². The quantitative estimate of drug-likeness (QED) is 0.639. The fraction of sp³-hybridized carbons (Fsp3) is 0.304. The minimum Gasteiger partial charge on any atom is -0.493 e. The highest BCUT2D eigenvalue weighted by Gasteiger charge is 2.41. The zero-order valence-corrected chi connectivity index (χ0v) is 17.3. The number of anilines is 1. The number of methoxy groups -OCH3 is 2. The van der Waals surface area contributed by atoms with Crippen molar-refractivity contribution in [1.82, 2.24) is 4.90 Å². The van der Waals surface area contributed by atoms with Crippen LogP contribution in [0, 0.1) is 0 Å². The lowest BCUT2D eigenvalue weighted by Crippen LogP contribution is -2.35. The van der Waals surface area contributed by atoms with Crippen molar-refractivity contribution in [3.8, 4) is 11.5 Å². The summed E-state index contributed by atoms with van der Waals surface area (Å²) in [7, 11) is 3.11. The van der Waals surface area contributed by atoms with Crippen molar-refractivity contribution in [2.75, 3.05) is 32.2 Å². The highest BCUT2D eigenvalue weighted by Crippen LogP contribution is 2.37. The smallest absolute Gasteiger partial charge is 0.278 e. The van der Waals surface area contributed by atoms with Crippen molar-refractivity contribution >= 4 is 23.1 Å². The normalized spacial score (nSPS) is 13.9. The Morgan fingerprint density at radius 3 is 2.17 bits per heavy atom. The van der Waals surface area contributed by atoms with Crippen LogP contribution in [0.25, 0.3) is 5.57 Å². The molecule has 1 heterocycles. The Morgan fingerprint density at radius 2 is 1.59 bits per heavy atom. The third-order valence-corrected chi connectivity index (χ3v) is 4.92. The van der Waals surface area contributed by atoms with E-state index in [2.05, 4.69) is 0 Å². The predicted octanol–water partition coefficient (Wildman–Crippen LogP) is 3.72. The van der Waals surface area contributed by atoms with Gasteiger partial charge in [-0.05, 0) is 43.2 Å². The summed E-state index contributed by atoms with van der Waals surface area (Å²) >= 11 is 0. The second-order valence-electron chi connectivity index (χ2n) is 6.64. The first kappa shape index (κ1) is 20.5. The summed E-state index contributed by atoms with van der Waals surface area (Å²) in [6, 6.07) is 14.9. The first-order valence-corrected chi connectivity index (χ1v) is 9.72. The van der Waals surface area contributed by atoms with Crippen molar-refractivity contribution in [2.45, 2.75) is 20.3 Å². The molecule has 0 unspecified atom stereocenters. The van der Waals surface area contributed by atoms with Gasteiger partial charge in [0.1, 0.15) is 5.70 Å². The Kier molecular flexibility index (Phi) is 6.22. The molecule has 152 valence electrons. The van der Waals surface area contributed by atoms with E-state index < -0.39 is 0 Å². The molecule has 2 aromatic rings. The fourth-order valence-corrected chi connectivity index (χ4v) is 3.57. The highest BCUT2D eigenvalue weighted by molar-refractivity contribution is 6.36. The molecule has 3 rings (SSSR count). The Hall–Kier alpha value is -3.28. The lowest BCUT2D eigenvalue weighted by Gasteiger charge is -2.25. The summed E-state index contributed by atoms with van der Waals surface area (Å²) in [6.07, 6.45) is 0.696. The van der Waals surface area contributed by atoms with Gasteiger partial charge in [-0.1, -0.05) is 31.2 Å². The molecule has 6 heteroatoms. The molecule has 6 nitrogen and oxygen atoms in total. The van der Waals surface area contributed by atoms with Crippen molar-refractivity contribution < 1.29 is 19.1 Å². The minimum atomic E-state index is -0.284. The molecule has 0 atom stereocenters. The van der Waals surface area contributed by atoms with E-state index in [0.29, 0.717) is 47.8 Å². The summed E-state index contributed by atoms with van der Waals surface area (Å²) in [5.41, 5.74) is 2.27. The molecular formula is C23H26N2O4. The van der Waals surface area contributed by atoms with E-state index in [1.165, 1.54) is 4.90 Å². The van der Waals surface area contributed by atoms with Gasteiger partial charge in [0.15, 0.2) is 11.5 Å². The lowest BCUT2D eigenvalue weighted by atomic mass is 10.0. The summed E-state index contributed by atoms with van der Waals surface area (Å²) in [4.78, 5) is 29.8. The molecule has 0 bridgehead atoms. The third kappa shape index (κ3) is 3.70. The van der Waals surface area contributed by atoms with Crippen LogP contribution >= 0.6 is 0 Å². The molecule has 1 aliphatic heterocycles. The molecule has 0 saturated carbocycles. The zero-order chi connectivity index (χ0) is 21.0. The molecule has 0 saturated heterocycles. The summed E-state index contributed by atoms with van der Waals surface area (Å²) in [5, 5.41) is 0. The molecule has 29 heavy (non-hydrogen) atoms. The van der Waals surface area contributed by atoms with Gasteiger partial charge in [-0.15, -0.1) is 0 Å². The molecule has 0 radical (unpaired) electrons. The number of carbonyl (C=O) groups excluding carboxylic acids is 2. The van der Waals surface area contributed by atoms with Gasteiger partial charge in [0.25, 0.3) is 11.8 Å². The fourth-order valence-electron chi connectivity index (χ4n) is 3.57. The van der Waals surface area contributed by atoms with Crippen LogP contribution in [0.1, 0.15) is 25.8 Å². The average Bonchev–Trinajstić information content (AvgIpc) is 3.00. The maximum Gasteiger partial charge on any atom is 0.278 e. The number of rotatable bonds is 8. The van der Waals surface area contributed by atoms with Gasteiger partial charge in [0.2, 0.25) is 0 Å². The number of para-hydroxylation sites is 1. The number of hydrogen-bond acceptors (Lipinski definition) is 5. The van der Waals surface area contributed by atoms with Crippen LogP contribution in [0.15, 0.2) is 54.2 Å². The molecule has 2 amide bonds. The van der Waals surface area contributed by atoms with Gasteiger partial charge in [0.05, 0.1) is 19.8 Å². The van der Waals surface area contributed by atoms with E-state index in [9.17, 15) is 9.59 Å². The summed E-state index contributed by atoms with van der Waals surface area (Å²) < 4.78 is 10.7. The van der Waals surface area contributed by atoms with Gasteiger partial charge >= 0.3 is 0 Å². The van der Waals surface area contributed by atoms with Crippen LogP contribution in [-0.4, -0.2) is 44.0 Å². The van der Waals surface area contributed by atoms with Crippen molar-refractivity contribution in [1.29, 1.82) is 0 Å². The standard InChI is InChI=1S/C23H26N2O4/c1-5-14-25-22(26)20(16-12-13-18(28-3)19(15-16)29-4)21(23(25)27)24(6-2)17-10-8-7-9-11-17/h7-13,15H,5-6,14H2,1-4H3. The van der Waals surface area contributed by atoms with Crippen LogP contribution in [0.2, 0.25) is 0 Å². The second kappa shape index (κ2) is 8.82. The molecule has 0 aliphatic carbocycles. The largest absolute Gasteiger partial charge is 0.493 e. The van der Waals surface area contributed by atoms with Crippen LogP contribution in [0.3, 0.4) is 0 Å². The van der Waals surface area contributed by atoms with Crippen LogP contribution in [0.4, 0.5) is 5.69 Å². The van der Waals surface area contributed by atoms with E-state index in [-0.39, 0.29) is 11.8 Å². The van der Waals surface area contributed by atoms with E-state index in [1.807, 2.05) is 49.1 Å². The summed E-state index contributed by atoms with van der Waals surface area (Å²) in [5.74, 6) is 0.519. The molecule has 0 N–H and O–H groups in total. The number of likely N-dealkylation sites (N-methyl/N-ethyl adjacent to an activating group) is 1. The number of nitrogens with zero attached hydrogens (tertiary/aromatic N) is 2. The van der Waals surface area contributed by atoms with E-state index in [0.717, 1.165) is 5.69 Å². The van der Waals surface area contributed by atoms with Crippen molar-refractivity contribution in [3.05, 3.63) is 59.8 Å². The number of hydrogen-bond donors (Lipinski definition) is 0. The third-order valence-electron chi connectivity index (χ3n) is 4.92. The molecule has 0 spiro atoms. The Labute approximate surface area is 171 Å². The average molecular weight is 394 g/mol. The van der Waals surface area contributed by atoms with E-state index in [1.54, 1.807) is 32.4 Å². The lowest BCUT2D eigenvalue weighted by molar-refractivity contribution is -0.136. The van der Waals surface area contributed by atoms with Gasteiger partial charge in [-0.25, -0.2) is 0 Å². The number of ether oxygens (including phenoxy) is 2. The van der Waals surface area contributed by atoms with Gasteiger partial charge in [-0.3, -0.25) is 14.5 Å². The minimum absolute atomic E-state index is 0.271. The van der Waals surface area contributed by atoms with Crippen molar-refractivity contribution in [3.63, 3.8) is 0 Å². The predicted molar refractivity (Wildman–Crippen MR) is 113 cm³/mol. The molecule has 2 aromatic carbocycles. The molecular weight excluding hydrogens is 368 g/mol. The number of imide groups is 1. The van der Waals surface area contributed by atoms with Gasteiger partial charge in [0, 0.05) is 18.8 Å². The van der Waals surface area contributed by atoms with Gasteiger partial charge in [-0.2, -0.15) is 0 Å². The maximum atomic E-state index is 13.3. The van der Waals surface area contributed by atoms with E-state index >= 15 is 0 Å². The topological polar surface area (TPSA) is 59.1 Å². The number of amides is 2. The number of benzene rings is 2. The first-order valence-electron chi connectivity index (χ1n) is 9.72. The Morgan fingerprint density at radius 1 is 0.897 bits per heavy atom. The molecule has 0 aromatic heterocycles. The monoisotopic (exact) mass is 394 g/mol.